The number of likely N-dealkylation sites (tertiary alicyclic amines) is 1. The van der Waals surface area contributed by atoms with Crippen molar-refractivity contribution in [2.75, 3.05) is 13.1 Å². The van der Waals surface area contributed by atoms with E-state index in [9.17, 15) is 14.7 Å². The van der Waals surface area contributed by atoms with Gasteiger partial charge < -0.3 is 15.0 Å². The van der Waals surface area contributed by atoms with Crippen molar-refractivity contribution in [2.45, 2.75) is 31.8 Å². The Morgan fingerprint density at radius 2 is 2.22 bits per heavy atom. The predicted octanol–water partition coefficient (Wildman–Crippen LogP) is 0.752. The van der Waals surface area contributed by atoms with Gasteiger partial charge in [0.15, 0.2) is 0 Å². The largest absolute Gasteiger partial charge is 0.390 e. The summed E-state index contributed by atoms with van der Waals surface area (Å²) in [7, 11) is 0. The maximum Gasteiger partial charge on any atom is 0.260 e. The minimum Gasteiger partial charge on any atom is -0.390 e. The third kappa shape index (κ3) is 2.79. The van der Waals surface area contributed by atoms with Crippen molar-refractivity contribution in [3.8, 4) is 0 Å². The monoisotopic (exact) mass is 250 g/mol. The van der Waals surface area contributed by atoms with E-state index in [1.807, 2.05) is 0 Å². The molecule has 1 aromatic rings. The molecule has 1 unspecified atom stereocenters. The van der Waals surface area contributed by atoms with Crippen LogP contribution in [0.15, 0.2) is 23.1 Å². The molecule has 1 amide bonds. The summed E-state index contributed by atoms with van der Waals surface area (Å²) in [5.74, 6) is -0.255. The van der Waals surface area contributed by atoms with Gasteiger partial charge in [0.05, 0.1) is 5.60 Å². The van der Waals surface area contributed by atoms with E-state index in [1.165, 1.54) is 12.3 Å². The van der Waals surface area contributed by atoms with Crippen LogP contribution in [0.3, 0.4) is 0 Å². The van der Waals surface area contributed by atoms with E-state index in [2.05, 4.69) is 4.98 Å². The van der Waals surface area contributed by atoms with Crippen LogP contribution in [0.25, 0.3) is 0 Å². The average Bonchev–Trinajstić information content (AvgIpc) is 2.50. The van der Waals surface area contributed by atoms with Gasteiger partial charge in [-0.25, -0.2) is 0 Å². The molecule has 0 saturated carbocycles. The van der Waals surface area contributed by atoms with Crippen molar-refractivity contribution < 1.29 is 9.90 Å². The molecule has 2 rings (SSSR count). The molecule has 1 aliphatic rings. The number of pyridine rings is 1. The fourth-order valence-electron chi connectivity index (χ4n) is 2.23. The third-order valence-electron chi connectivity index (χ3n) is 3.40. The van der Waals surface area contributed by atoms with Crippen LogP contribution in [0, 0.1) is 0 Å². The quantitative estimate of drug-likeness (QED) is 0.772. The van der Waals surface area contributed by atoms with E-state index in [0.717, 1.165) is 6.42 Å². The molecule has 1 fully saturated rings. The summed E-state index contributed by atoms with van der Waals surface area (Å²) in [4.78, 5) is 27.9. The highest BCUT2D eigenvalue weighted by Crippen LogP contribution is 2.21. The van der Waals surface area contributed by atoms with Crippen LogP contribution in [0.5, 0.6) is 0 Å². The van der Waals surface area contributed by atoms with Gasteiger partial charge in [0, 0.05) is 19.3 Å². The molecule has 18 heavy (non-hydrogen) atoms. The zero-order valence-electron chi connectivity index (χ0n) is 10.5. The predicted molar refractivity (Wildman–Crippen MR) is 67.4 cm³/mol. The second-order valence-electron chi connectivity index (χ2n) is 5.06. The Hall–Kier alpha value is -1.62. The minimum absolute atomic E-state index is 0.166. The molecule has 2 heterocycles. The lowest BCUT2D eigenvalue weighted by Crippen LogP contribution is -2.36. The zero-order valence-corrected chi connectivity index (χ0v) is 10.5. The van der Waals surface area contributed by atoms with Gasteiger partial charge in [0.1, 0.15) is 5.56 Å². The Morgan fingerprint density at radius 3 is 2.94 bits per heavy atom. The van der Waals surface area contributed by atoms with Gasteiger partial charge in [0.2, 0.25) is 0 Å². The van der Waals surface area contributed by atoms with Crippen molar-refractivity contribution >= 4 is 5.91 Å². The highest BCUT2D eigenvalue weighted by Gasteiger charge is 2.28. The maximum absolute atomic E-state index is 12.2. The number of amides is 1. The Balaban J connectivity index is 2.15. The summed E-state index contributed by atoms with van der Waals surface area (Å²) in [6, 6.07) is 3.17. The SMILES string of the molecule is CC1(O)CCCN(C(=O)c2ccc[nH]c2=O)CC1. The molecule has 0 radical (unpaired) electrons. The van der Waals surface area contributed by atoms with E-state index in [1.54, 1.807) is 17.9 Å². The molecular formula is C13H18N2O3. The molecule has 5 nitrogen and oxygen atoms in total. The molecule has 0 spiro atoms. The number of carbonyl (C=O) groups excluding carboxylic acids is 1. The summed E-state index contributed by atoms with van der Waals surface area (Å²) >= 11 is 0. The van der Waals surface area contributed by atoms with E-state index in [0.29, 0.717) is 25.9 Å². The topological polar surface area (TPSA) is 73.4 Å². The maximum atomic E-state index is 12.2. The smallest absolute Gasteiger partial charge is 0.260 e. The van der Waals surface area contributed by atoms with Gasteiger partial charge in [-0.05, 0) is 38.3 Å². The lowest BCUT2D eigenvalue weighted by atomic mass is 9.98. The van der Waals surface area contributed by atoms with Gasteiger partial charge in [-0.1, -0.05) is 0 Å². The van der Waals surface area contributed by atoms with Crippen LogP contribution in [0.1, 0.15) is 36.5 Å². The van der Waals surface area contributed by atoms with Crippen LogP contribution in [0.4, 0.5) is 0 Å². The van der Waals surface area contributed by atoms with E-state index in [4.69, 9.17) is 0 Å². The summed E-state index contributed by atoms with van der Waals surface area (Å²) in [6.07, 6.45) is 3.49. The standard InChI is InChI=1S/C13H18N2O3/c1-13(18)5-3-8-15(9-6-13)12(17)10-4-2-7-14-11(10)16/h2,4,7,18H,3,5-6,8-9H2,1H3,(H,14,16). The van der Waals surface area contributed by atoms with Crippen LogP contribution in [-0.4, -0.2) is 39.6 Å². The molecule has 2 N–H and O–H groups in total. The molecule has 1 atom stereocenters. The normalized spacial score (nSPS) is 24.7. The molecule has 98 valence electrons. The highest BCUT2D eigenvalue weighted by molar-refractivity contribution is 5.93. The molecule has 1 saturated heterocycles. The number of nitrogens with zero attached hydrogens (tertiary/aromatic N) is 1. The van der Waals surface area contributed by atoms with E-state index < -0.39 is 5.60 Å². The number of aromatic nitrogens is 1. The highest BCUT2D eigenvalue weighted by atomic mass is 16.3. The fourth-order valence-corrected chi connectivity index (χ4v) is 2.23. The van der Waals surface area contributed by atoms with Crippen molar-refractivity contribution in [3.05, 3.63) is 34.2 Å². The lowest BCUT2D eigenvalue weighted by molar-refractivity contribution is 0.0437. The molecule has 0 aromatic carbocycles. The number of nitrogens with one attached hydrogen (secondary N) is 1. The van der Waals surface area contributed by atoms with Crippen LogP contribution >= 0.6 is 0 Å². The van der Waals surface area contributed by atoms with Crippen LogP contribution < -0.4 is 5.56 Å². The van der Waals surface area contributed by atoms with Gasteiger partial charge in [-0.15, -0.1) is 0 Å². The number of aliphatic hydroxyl groups is 1. The number of hydrogen-bond donors (Lipinski definition) is 2. The van der Waals surface area contributed by atoms with E-state index in [-0.39, 0.29) is 17.0 Å². The number of H-pyrrole nitrogens is 1. The van der Waals surface area contributed by atoms with Gasteiger partial charge >= 0.3 is 0 Å². The molecule has 0 aliphatic carbocycles. The Bertz CT molecular complexity index is 493. The van der Waals surface area contributed by atoms with Crippen LogP contribution in [0.2, 0.25) is 0 Å². The summed E-state index contributed by atoms with van der Waals surface area (Å²) in [6.45, 7) is 2.86. The van der Waals surface area contributed by atoms with E-state index >= 15 is 0 Å². The van der Waals surface area contributed by atoms with Crippen molar-refractivity contribution in [2.24, 2.45) is 0 Å². The summed E-state index contributed by atoms with van der Waals surface area (Å²) < 4.78 is 0. The Morgan fingerprint density at radius 1 is 1.44 bits per heavy atom. The van der Waals surface area contributed by atoms with Crippen molar-refractivity contribution in [3.63, 3.8) is 0 Å². The first kappa shape index (κ1) is 12.8. The average molecular weight is 250 g/mol. The second kappa shape index (κ2) is 4.94. The first-order valence-electron chi connectivity index (χ1n) is 6.19. The Kier molecular flexibility index (Phi) is 3.52. The number of carbonyl (C=O) groups is 1. The van der Waals surface area contributed by atoms with Crippen LogP contribution in [-0.2, 0) is 0 Å². The first-order chi connectivity index (χ1) is 8.49. The molecule has 0 bridgehead atoms. The van der Waals surface area contributed by atoms with Crippen molar-refractivity contribution in [1.29, 1.82) is 0 Å². The molecule has 1 aromatic heterocycles. The Labute approximate surface area is 105 Å². The zero-order chi connectivity index (χ0) is 13.2. The van der Waals surface area contributed by atoms with Crippen molar-refractivity contribution in [1.82, 2.24) is 9.88 Å². The second-order valence-corrected chi connectivity index (χ2v) is 5.06. The fraction of sp³-hybridized carbons (Fsp3) is 0.538. The molecule has 5 heteroatoms. The number of rotatable bonds is 1. The van der Waals surface area contributed by atoms with Gasteiger partial charge in [0.25, 0.3) is 11.5 Å². The number of aromatic amines is 1. The first-order valence-corrected chi connectivity index (χ1v) is 6.19. The summed E-state index contributed by atoms with van der Waals surface area (Å²) in [5, 5.41) is 9.97. The number of hydrogen-bond acceptors (Lipinski definition) is 3. The molecular weight excluding hydrogens is 232 g/mol. The lowest BCUT2D eigenvalue weighted by Gasteiger charge is -2.22. The third-order valence-corrected chi connectivity index (χ3v) is 3.40. The van der Waals surface area contributed by atoms with Gasteiger partial charge in [-0.2, -0.15) is 0 Å². The molecule has 1 aliphatic heterocycles. The summed E-state index contributed by atoms with van der Waals surface area (Å²) in [5.41, 5.74) is -0.907. The van der Waals surface area contributed by atoms with Gasteiger partial charge in [-0.3, -0.25) is 9.59 Å². The minimum atomic E-state index is -0.710.